The molecule has 1 aromatic heterocycles. The summed E-state index contributed by atoms with van der Waals surface area (Å²) in [5.41, 5.74) is 1.10. The highest BCUT2D eigenvalue weighted by Gasteiger charge is 2.33. The number of rotatable bonds is 6. The maximum absolute atomic E-state index is 12.1. The summed E-state index contributed by atoms with van der Waals surface area (Å²) in [6.45, 7) is 0.646. The molecule has 1 amide bonds. The first-order valence-electron chi connectivity index (χ1n) is 7.34. The molecule has 2 aromatic rings. The van der Waals surface area contributed by atoms with E-state index >= 15 is 0 Å². The van der Waals surface area contributed by atoms with Gasteiger partial charge in [-0.25, -0.2) is 4.98 Å². The smallest absolute Gasteiger partial charge is 0.233 e. The molecule has 1 N–H and O–H groups in total. The summed E-state index contributed by atoms with van der Waals surface area (Å²) < 4.78 is 10.6. The molecule has 1 aliphatic rings. The zero-order valence-corrected chi connectivity index (χ0v) is 13.9. The quantitative estimate of drug-likeness (QED) is 0.878. The fraction of sp³-hybridized carbons (Fsp3) is 0.375. The van der Waals surface area contributed by atoms with Gasteiger partial charge in [0.2, 0.25) is 5.91 Å². The van der Waals surface area contributed by atoms with Crippen molar-refractivity contribution < 1.29 is 14.3 Å². The van der Waals surface area contributed by atoms with Crippen LogP contribution in [-0.2, 0) is 11.2 Å². The second-order valence-electron chi connectivity index (χ2n) is 5.16. The van der Waals surface area contributed by atoms with Gasteiger partial charge in [-0.15, -0.1) is 11.8 Å². The van der Waals surface area contributed by atoms with Crippen LogP contribution in [0.25, 0.3) is 0 Å². The number of imidazole rings is 1. The van der Waals surface area contributed by atoms with Gasteiger partial charge in [-0.2, -0.15) is 0 Å². The van der Waals surface area contributed by atoms with Crippen LogP contribution in [-0.4, -0.2) is 47.3 Å². The number of aromatic amines is 1. The topological polar surface area (TPSA) is 67.5 Å². The minimum Gasteiger partial charge on any atom is -0.493 e. The van der Waals surface area contributed by atoms with Gasteiger partial charge in [0, 0.05) is 18.9 Å². The van der Waals surface area contributed by atoms with Gasteiger partial charge in [-0.1, -0.05) is 6.07 Å². The Morgan fingerprint density at radius 3 is 2.87 bits per heavy atom. The van der Waals surface area contributed by atoms with Crippen molar-refractivity contribution in [1.29, 1.82) is 0 Å². The first kappa shape index (κ1) is 15.7. The molecule has 1 unspecified atom stereocenters. The number of benzene rings is 1. The summed E-state index contributed by atoms with van der Waals surface area (Å²) in [6.07, 6.45) is 4.25. The lowest BCUT2D eigenvalue weighted by molar-refractivity contribution is -0.128. The Morgan fingerprint density at radius 1 is 1.35 bits per heavy atom. The molecule has 7 heteroatoms. The molecule has 2 heterocycles. The average molecular weight is 333 g/mol. The van der Waals surface area contributed by atoms with Crippen LogP contribution in [0.1, 0.15) is 16.8 Å². The summed E-state index contributed by atoms with van der Waals surface area (Å²) >= 11 is 1.60. The maximum atomic E-state index is 12.1. The number of thioether (sulfide) groups is 1. The Labute approximate surface area is 139 Å². The van der Waals surface area contributed by atoms with Gasteiger partial charge < -0.3 is 19.4 Å². The lowest BCUT2D eigenvalue weighted by atomic mass is 10.1. The molecule has 1 atom stereocenters. The number of carbonyl (C=O) groups excluding carboxylic acids is 1. The zero-order valence-electron chi connectivity index (χ0n) is 13.1. The Balaban J connectivity index is 1.70. The summed E-state index contributed by atoms with van der Waals surface area (Å²) in [7, 11) is 3.24. The van der Waals surface area contributed by atoms with Crippen LogP contribution in [0.15, 0.2) is 30.6 Å². The SMILES string of the molecule is COc1ccc(CCN2C(=O)CSC2c2ncc[nH]2)cc1OC. The molecule has 23 heavy (non-hydrogen) atoms. The highest BCUT2D eigenvalue weighted by molar-refractivity contribution is 8.00. The van der Waals surface area contributed by atoms with Crippen LogP contribution in [0.5, 0.6) is 11.5 Å². The van der Waals surface area contributed by atoms with E-state index in [1.54, 1.807) is 38.4 Å². The molecule has 3 rings (SSSR count). The average Bonchev–Trinajstić information content (AvgIpc) is 3.22. The van der Waals surface area contributed by atoms with Crippen molar-refractivity contribution in [2.24, 2.45) is 0 Å². The molecule has 122 valence electrons. The van der Waals surface area contributed by atoms with E-state index in [0.717, 1.165) is 17.8 Å². The largest absolute Gasteiger partial charge is 0.493 e. The number of carbonyl (C=O) groups is 1. The Bertz CT molecular complexity index is 675. The molecule has 0 saturated carbocycles. The van der Waals surface area contributed by atoms with E-state index in [0.29, 0.717) is 23.8 Å². The van der Waals surface area contributed by atoms with Gasteiger partial charge in [-0.05, 0) is 24.1 Å². The van der Waals surface area contributed by atoms with Crippen LogP contribution in [0, 0.1) is 0 Å². The van der Waals surface area contributed by atoms with E-state index in [1.807, 2.05) is 23.1 Å². The molecule has 1 aromatic carbocycles. The summed E-state index contributed by atoms with van der Waals surface area (Å²) in [5, 5.41) is -0.0300. The third kappa shape index (κ3) is 3.29. The predicted octanol–water partition coefficient (Wildman–Crippen LogP) is 2.24. The second kappa shape index (κ2) is 6.95. The first-order valence-corrected chi connectivity index (χ1v) is 8.39. The number of aromatic nitrogens is 2. The molecule has 6 nitrogen and oxygen atoms in total. The summed E-state index contributed by atoms with van der Waals surface area (Å²) in [6, 6.07) is 5.84. The normalized spacial score (nSPS) is 17.6. The van der Waals surface area contributed by atoms with E-state index < -0.39 is 0 Å². The number of nitrogens with zero attached hydrogens (tertiary/aromatic N) is 2. The first-order chi connectivity index (χ1) is 11.2. The van der Waals surface area contributed by atoms with Gasteiger partial charge in [0.05, 0.1) is 20.0 Å². The lowest BCUT2D eigenvalue weighted by Gasteiger charge is -2.22. The van der Waals surface area contributed by atoms with Crippen molar-refractivity contribution in [2.45, 2.75) is 11.8 Å². The summed E-state index contributed by atoms with van der Waals surface area (Å²) in [4.78, 5) is 21.4. The second-order valence-corrected chi connectivity index (χ2v) is 6.23. The molecule has 0 radical (unpaired) electrons. The number of amides is 1. The van der Waals surface area contributed by atoms with Crippen LogP contribution < -0.4 is 9.47 Å². The number of methoxy groups -OCH3 is 2. The molecule has 1 aliphatic heterocycles. The third-order valence-electron chi connectivity index (χ3n) is 3.81. The van der Waals surface area contributed by atoms with E-state index in [1.165, 1.54) is 0 Å². The molecule has 1 fully saturated rings. The van der Waals surface area contributed by atoms with Crippen molar-refractivity contribution in [3.63, 3.8) is 0 Å². The number of nitrogens with one attached hydrogen (secondary N) is 1. The van der Waals surface area contributed by atoms with Crippen LogP contribution in [0.3, 0.4) is 0 Å². The van der Waals surface area contributed by atoms with E-state index in [2.05, 4.69) is 9.97 Å². The van der Waals surface area contributed by atoms with Crippen molar-refractivity contribution >= 4 is 17.7 Å². The number of hydrogen-bond donors (Lipinski definition) is 1. The summed E-state index contributed by atoms with van der Waals surface area (Å²) in [5.74, 6) is 2.88. The predicted molar refractivity (Wildman–Crippen MR) is 88.7 cm³/mol. The van der Waals surface area contributed by atoms with E-state index in [9.17, 15) is 4.79 Å². The van der Waals surface area contributed by atoms with Gasteiger partial charge in [-0.3, -0.25) is 4.79 Å². The van der Waals surface area contributed by atoms with Crippen molar-refractivity contribution in [3.8, 4) is 11.5 Å². The van der Waals surface area contributed by atoms with Gasteiger partial charge in [0.15, 0.2) is 11.5 Å². The van der Waals surface area contributed by atoms with Crippen LogP contribution in [0.4, 0.5) is 0 Å². The highest BCUT2D eigenvalue weighted by atomic mass is 32.2. The monoisotopic (exact) mass is 333 g/mol. The van der Waals surface area contributed by atoms with E-state index in [4.69, 9.17) is 9.47 Å². The number of hydrogen-bond acceptors (Lipinski definition) is 5. The van der Waals surface area contributed by atoms with Gasteiger partial charge in [0.25, 0.3) is 0 Å². The Kier molecular flexibility index (Phi) is 4.76. The number of ether oxygens (including phenoxy) is 2. The molecule has 1 saturated heterocycles. The van der Waals surface area contributed by atoms with Crippen LogP contribution in [0.2, 0.25) is 0 Å². The molecule has 0 bridgehead atoms. The fourth-order valence-electron chi connectivity index (χ4n) is 2.62. The Hall–Kier alpha value is -2.15. The van der Waals surface area contributed by atoms with Crippen molar-refractivity contribution in [3.05, 3.63) is 42.0 Å². The molecule has 0 spiro atoms. The minimum absolute atomic E-state index is 0.0300. The highest BCUT2D eigenvalue weighted by Crippen LogP contribution is 2.37. The molecular formula is C16H19N3O3S. The molecule has 0 aliphatic carbocycles. The fourth-order valence-corrected chi connectivity index (χ4v) is 3.78. The van der Waals surface area contributed by atoms with Crippen molar-refractivity contribution in [1.82, 2.24) is 14.9 Å². The maximum Gasteiger partial charge on any atom is 0.233 e. The lowest BCUT2D eigenvalue weighted by Crippen LogP contribution is -2.30. The van der Waals surface area contributed by atoms with Crippen molar-refractivity contribution in [2.75, 3.05) is 26.5 Å². The number of H-pyrrole nitrogens is 1. The third-order valence-corrected chi connectivity index (χ3v) is 5.02. The minimum atomic E-state index is -0.0300. The molecular weight excluding hydrogens is 314 g/mol. The standard InChI is InChI=1S/C16H19N3O3S/c1-21-12-4-3-11(9-13(12)22-2)5-8-19-14(20)10-23-16(19)15-17-6-7-18-15/h3-4,6-7,9,16H,5,8,10H2,1-2H3,(H,17,18). The zero-order chi connectivity index (χ0) is 16.2. The van der Waals surface area contributed by atoms with E-state index in [-0.39, 0.29) is 11.3 Å². The van der Waals surface area contributed by atoms with Gasteiger partial charge >= 0.3 is 0 Å². The Morgan fingerprint density at radius 2 is 2.17 bits per heavy atom. The van der Waals surface area contributed by atoms with Gasteiger partial charge in [0.1, 0.15) is 11.2 Å². The van der Waals surface area contributed by atoms with Crippen LogP contribution >= 0.6 is 11.8 Å².